The van der Waals surface area contributed by atoms with Crippen molar-refractivity contribution in [3.8, 4) is 0 Å². The summed E-state index contributed by atoms with van der Waals surface area (Å²) < 4.78 is 0. The number of hydrogen-bond donors (Lipinski definition) is 2. The van der Waals surface area contributed by atoms with Crippen LogP contribution in [0.5, 0.6) is 0 Å². The lowest BCUT2D eigenvalue weighted by atomic mass is 10.1. The van der Waals surface area contributed by atoms with Gasteiger partial charge in [-0.25, -0.2) is 0 Å². The first kappa shape index (κ1) is 13.7. The summed E-state index contributed by atoms with van der Waals surface area (Å²) in [5, 5.41) is 1.70. The quantitative estimate of drug-likeness (QED) is 0.839. The van der Waals surface area contributed by atoms with Gasteiger partial charge in [0, 0.05) is 48.8 Å². The second-order valence-corrected chi connectivity index (χ2v) is 5.93. The molecule has 3 nitrogen and oxygen atoms in total. The van der Waals surface area contributed by atoms with Crippen LogP contribution in [0.4, 0.5) is 11.4 Å². The number of benzene rings is 1. The number of hydrogen-bond acceptors (Lipinski definition) is 4. The molecule has 0 saturated carbocycles. The monoisotopic (exact) mass is 289 g/mol. The van der Waals surface area contributed by atoms with E-state index in [1.807, 2.05) is 0 Å². The molecule has 0 atom stereocenters. The molecule has 2 heterocycles. The highest BCUT2D eigenvalue weighted by molar-refractivity contribution is 7.83. The Labute approximate surface area is 126 Å². The lowest BCUT2D eigenvalue weighted by molar-refractivity contribution is 0.947. The predicted octanol–water partition coefficient (Wildman–Crippen LogP) is 3.07. The summed E-state index contributed by atoms with van der Waals surface area (Å²) >= 11 is 4.21. The van der Waals surface area contributed by atoms with Crippen molar-refractivity contribution in [2.45, 2.75) is 25.7 Å². The van der Waals surface area contributed by atoms with Crippen LogP contribution in [0.2, 0.25) is 0 Å². The number of nitrogens with two attached hydrogens (primary N) is 1. The third kappa shape index (κ3) is 2.62. The standard InChI is InChI=1S/C16H23N3S/c17-15(12-20)14-6-5-13(18-7-1-2-8-18)11-16(14)19-9-3-4-10-19/h5-6,11-12,20H,1-4,7-10,17H2/b15-12-. The largest absolute Gasteiger partial charge is 0.398 e. The van der Waals surface area contributed by atoms with E-state index in [9.17, 15) is 0 Å². The fourth-order valence-corrected chi connectivity index (χ4v) is 3.36. The van der Waals surface area contributed by atoms with Gasteiger partial charge in [-0.1, -0.05) is 0 Å². The summed E-state index contributed by atoms with van der Waals surface area (Å²) in [7, 11) is 0. The molecule has 4 heteroatoms. The van der Waals surface area contributed by atoms with Crippen LogP contribution >= 0.6 is 12.6 Å². The van der Waals surface area contributed by atoms with Crippen LogP contribution in [0, 0.1) is 0 Å². The van der Waals surface area contributed by atoms with Gasteiger partial charge in [0.2, 0.25) is 0 Å². The average molecular weight is 289 g/mol. The molecular formula is C16H23N3S. The molecule has 20 heavy (non-hydrogen) atoms. The second kappa shape index (κ2) is 6.00. The van der Waals surface area contributed by atoms with Crippen molar-refractivity contribution in [1.82, 2.24) is 0 Å². The van der Waals surface area contributed by atoms with Crippen molar-refractivity contribution in [2.24, 2.45) is 5.73 Å². The Morgan fingerprint density at radius 2 is 1.60 bits per heavy atom. The van der Waals surface area contributed by atoms with Crippen LogP contribution in [0.1, 0.15) is 31.2 Å². The summed E-state index contributed by atoms with van der Waals surface area (Å²) in [6.45, 7) is 4.62. The van der Waals surface area contributed by atoms with Crippen LogP contribution in [-0.2, 0) is 0 Å². The predicted molar refractivity (Wildman–Crippen MR) is 90.5 cm³/mol. The van der Waals surface area contributed by atoms with E-state index in [0.717, 1.165) is 24.4 Å². The highest BCUT2D eigenvalue weighted by Gasteiger charge is 2.19. The Bertz CT molecular complexity index is 500. The number of nitrogens with zero attached hydrogens (tertiary/aromatic N) is 2. The molecule has 0 aliphatic carbocycles. The van der Waals surface area contributed by atoms with E-state index < -0.39 is 0 Å². The summed E-state index contributed by atoms with van der Waals surface area (Å²) in [5.41, 5.74) is 10.6. The Morgan fingerprint density at radius 3 is 2.20 bits per heavy atom. The SMILES string of the molecule is N/C(=C\S)c1ccc(N2CCCC2)cc1N1CCCC1. The summed E-state index contributed by atoms with van der Waals surface area (Å²) in [6.07, 6.45) is 5.16. The van der Waals surface area contributed by atoms with Gasteiger partial charge in [-0.3, -0.25) is 0 Å². The Morgan fingerprint density at radius 1 is 1.00 bits per heavy atom. The molecule has 0 amide bonds. The lowest BCUT2D eigenvalue weighted by Gasteiger charge is -2.25. The van der Waals surface area contributed by atoms with Gasteiger partial charge in [-0.15, -0.1) is 12.6 Å². The molecule has 2 fully saturated rings. The van der Waals surface area contributed by atoms with E-state index in [2.05, 4.69) is 40.6 Å². The molecule has 2 aliphatic heterocycles. The molecule has 2 N–H and O–H groups in total. The molecule has 1 aromatic carbocycles. The number of thiol groups is 1. The molecule has 0 bridgehead atoms. The van der Waals surface area contributed by atoms with Gasteiger partial charge < -0.3 is 15.5 Å². The molecule has 3 rings (SSSR count). The van der Waals surface area contributed by atoms with Gasteiger partial charge in [-0.05, 0) is 49.3 Å². The minimum Gasteiger partial charge on any atom is -0.398 e. The highest BCUT2D eigenvalue weighted by atomic mass is 32.1. The van der Waals surface area contributed by atoms with Gasteiger partial charge in [0.25, 0.3) is 0 Å². The van der Waals surface area contributed by atoms with E-state index in [1.54, 1.807) is 5.41 Å². The highest BCUT2D eigenvalue weighted by Crippen LogP contribution is 2.33. The zero-order valence-corrected chi connectivity index (χ0v) is 12.8. The van der Waals surface area contributed by atoms with E-state index in [4.69, 9.17) is 5.73 Å². The topological polar surface area (TPSA) is 32.5 Å². The van der Waals surface area contributed by atoms with Crippen LogP contribution in [0.3, 0.4) is 0 Å². The third-order valence-electron chi connectivity index (χ3n) is 4.35. The number of rotatable bonds is 3. The van der Waals surface area contributed by atoms with Gasteiger partial charge in [0.1, 0.15) is 0 Å². The van der Waals surface area contributed by atoms with Crippen molar-refractivity contribution in [3.05, 3.63) is 29.2 Å². The summed E-state index contributed by atoms with van der Waals surface area (Å²) in [6, 6.07) is 6.67. The van der Waals surface area contributed by atoms with Crippen LogP contribution in [0.25, 0.3) is 5.70 Å². The molecule has 0 radical (unpaired) electrons. The lowest BCUT2D eigenvalue weighted by Crippen LogP contribution is -2.22. The summed E-state index contributed by atoms with van der Waals surface area (Å²) in [4.78, 5) is 4.93. The molecular weight excluding hydrogens is 266 g/mol. The van der Waals surface area contributed by atoms with Gasteiger partial charge in [0.15, 0.2) is 0 Å². The van der Waals surface area contributed by atoms with Crippen molar-refractivity contribution < 1.29 is 0 Å². The normalized spacial score (nSPS) is 19.9. The van der Waals surface area contributed by atoms with Gasteiger partial charge in [0.05, 0.1) is 0 Å². The molecule has 0 unspecified atom stereocenters. The molecule has 0 spiro atoms. The Kier molecular flexibility index (Phi) is 4.10. The fraction of sp³-hybridized carbons (Fsp3) is 0.500. The van der Waals surface area contributed by atoms with E-state index in [1.165, 1.54) is 50.1 Å². The maximum absolute atomic E-state index is 6.11. The van der Waals surface area contributed by atoms with Gasteiger partial charge in [-0.2, -0.15) is 0 Å². The van der Waals surface area contributed by atoms with Crippen molar-refractivity contribution >= 4 is 29.7 Å². The molecule has 108 valence electrons. The smallest absolute Gasteiger partial charge is 0.0481 e. The Balaban J connectivity index is 1.98. The third-order valence-corrected chi connectivity index (χ3v) is 4.63. The second-order valence-electron chi connectivity index (χ2n) is 5.67. The maximum atomic E-state index is 6.11. The van der Waals surface area contributed by atoms with E-state index in [0.29, 0.717) is 0 Å². The first-order valence-electron chi connectivity index (χ1n) is 7.54. The average Bonchev–Trinajstić information content (AvgIpc) is 3.18. The van der Waals surface area contributed by atoms with E-state index in [-0.39, 0.29) is 0 Å². The molecule has 0 aromatic heterocycles. The van der Waals surface area contributed by atoms with E-state index >= 15 is 0 Å². The fourth-order valence-electron chi connectivity index (χ4n) is 3.23. The van der Waals surface area contributed by atoms with Crippen molar-refractivity contribution in [2.75, 3.05) is 36.0 Å². The first-order valence-corrected chi connectivity index (χ1v) is 8.05. The molecule has 2 saturated heterocycles. The zero-order valence-electron chi connectivity index (χ0n) is 11.9. The minimum absolute atomic E-state index is 0.753. The van der Waals surface area contributed by atoms with Crippen LogP contribution < -0.4 is 15.5 Å². The minimum atomic E-state index is 0.753. The van der Waals surface area contributed by atoms with Crippen LogP contribution in [0.15, 0.2) is 23.6 Å². The summed E-state index contributed by atoms with van der Waals surface area (Å²) in [5.74, 6) is 0. The van der Waals surface area contributed by atoms with Crippen LogP contribution in [-0.4, -0.2) is 26.2 Å². The molecule has 1 aromatic rings. The maximum Gasteiger partial charge on any atom is 0.0481 e. The number of anilines is 2. The van der Waals surface area contributed by atoms with Crippen molar-refractivity contribution in [1.29, 1.82) is 0 Å². The zero-order chi connectivity index (χ0) is 13.9. The Hall–Kier alpha value is -1.29. The van der Waals surface area contributed by atoms with Gasteiger partial charge >= 0.3 is 0 Å². The van der Waals surface area contributed by atoms with Crippen molar-refractivity contribution in [3.63, 3.8) is 0 Å². The molecule has 2 aliphatic rings. The first-order chi connectivity index (χ1) is 9.79.